The molecule has 0 aromatic carbocycles. The van der Waals surface area contributed by atoms with Gasteiger partial charge in [0.05, 0.1) is 0 Å². The van der Waals surface area contributed by atoms with Crippen molar-refractivity contribution in [3.63, 3.8) is 0 Å². The number of rotatable bonds is 5. The van der Waals surface area contributed by atoms with Crippen LogP contribution in [0.25, 0.3) is 0 Å². The zero-order chi connectivity index (χ0) is 14.6. The van der Waals surface area contributed by atoms with Gasteiger partial charge in [0, 0.05) is 45.1 Å². The van der Waals surface area contributed by atoms with Crippen LogP contribution in [0.4, 0.5) is 0 Å². The summed E-state index contributed by atoms with van der Waals surface area (Å²) < 4.78 is 0. The minimum absolute atomic E-state index is 0.630. The maximum atomic E-state index is 11.5. The first-order valence-corrected chi connectivity index (χ1v) is 7.16. The van der Waals surface area contributed by atoms with Crippen LogP contribution >= 0.6 is 0 Å². The molecule has 1 atom stereocenters. The summed E-state index contributed by atoms with van der Waals surface area (Å²) in [5.74, 6) is -0.722. The number of hydrogen-bond donors (Lipinski definition) is 1. The van der Waals surface area contributed by atoms with Crippen molar-refractivity contribution in [2.45, 2.75) is 32.4 Å². The molecule has 0 spiro atoms. The molecular weight excluding hydrogens is 254 g/mol. The lowest BCUT2D eigenvalue weighted by Gasteiger charge is -2.43. The zero-order valence-corrected chi connectivity index (χ0v) is 12.2. The molecule has 1 unspecified atom stereocenters. The Morgan fingerprint density at radius 1 is 1.40 bits per heavy atom. The minimum atomic E-state index is -0.736. The van der Waals surface area contributed by atoms with E-state index in [0.717, 1.165) is 32.7 Å². The molecule has 2 rings (SSSR count). The van der Waals surface area contributed by atoms with Gasteiger partial charge in [0.25, 0.3) is 0 Å². The van der Waals surface area contributed by atoms with Gasteiger partial charge >= 0.3 is 5.97 Å². The number of aliphatic carboxylic acids is 1. The van der Waals surface area contributed by atoms with Crippen LogP contribution < -0.4 is 0 Å². The largest absolute Gasteiger partial charge is 0.480 e. The summed E-state index contributed by atoms with van der Waals surface area (Å²) >= 11 is 0. The lowest BCUT2D eigenvalue weighted by molar-refractivity contribution is -0.152. The molecule has 1 N–H and O–H groups in total. The Bertz CT molecular complexity index is 444. The van der Waals surface area contributed by atoms with Gasteiger partial charge in [-0.05, 0) is 25.0 Å². The highest BCUT2D eigenvalue weighted by Gasteiger charge is 2.39. The average Bonchev–Trinajstić information content (AvgIpc) is 2.48. The fourth-order valence-corrected chi connectivity index (χ4v) is 2.66. The van der Waals surface area contributed by atoms with E-state index in [1.165, 1.54) is 5.56 Å². The summed E-state index contributed by atoms with van der Waals surface area (Å²) in [6.07, 6.45) is 4.30. The van der Waals surface area contributed by atoms with E-state index < -0.39 is 11.5 Å². The molecule has 1 aliphatic heterocycles. The highest BCUT2D eigenvalue weighted by Crippen LogP contribution is 2.22. The molecule has 1 aliphatic rings. The molecule has 20 heavy (non-hydrogen) atoms. The van der Waals surface area contributed by atoms with Crippen LogP contribution in [0.1, 0.15) is 25.8 Å². The third-order valence-corrected chi connectivity index (χ3v) is 4.35. The number of pyridine rings is 1. The van der Waals surface area contributed by atoms with Crippen molar-refractivity contribution in [2.75, 3.05) is 26.2 Å². The molecule has 2 heterocycles. The maximum absolute atomic E-state index is 11.5. The van der Waals surface area contributed by atoms with Gasteiger partial charge in [0.15, 0.2) is 0 Å². The predicted molar refractivity (Wildman–Crippen MR) is 77.4 cm³/mol. The van der Waals surface area contributed by atoms with E-state index in [1.54, 1.807) is 6.20 Å². The van der Waals surface area contributed by atoms with Crippen molar-refractivity contribution in [1.29, 1.82) is 0 Å². The summed E-state index contributed by atoms with van der Waals surface area (Å²) in [7, 11) is 0. The Morgan fingerprint density at radius 3 is 2.60 bits per heavy atom. The Kier molecular flexibility index (Phi) is 4.73. The number of carboxylic acid groups (broad SMARTS) is 1. The Morgan fingerprint density at radius 2 is 2.10 bits per heavy atom. The summed E-state index contributed by atoms with van der Waals surface area (Å²) in [5.41, 5.74) is 0.470. The molecular formula is C15H23N3O2. The summed E-state index contributed by atoms with van der Waals surface area (Å²) in [6.45, 7) is 8.06. The second kappa shape index (κ2) is 6.33. The van der Waals surface area contributed by atoms with Crippen LogP contribution in [-0.4, -0.2) is 57.6 Å². The predicted octanol–water partition coefficient (Wildman–Crippen LogP) is 1.45. The van der Waals surface area contributed by atoms with Crippen LogP contribution in [0.15, 0.2) is 24.5 Å². The molecule has 0 bridgehead atoms. The fraction of sp³-hybridized carbons (Fsp3) is 0.600. The first kappa shape index (κ1) is 14.9. The van der Waals surface area contributed by atoms with Gasteiger partial charge in [0.1, 0.15) is 5.54 Å². The van der Waals surface area contributed by atoms with E-state index in [-0.39, 0.29) is 0 Å². The van der Waals surface area contributed by atoms with E-state index in [2.05, 4.69) is 20.9 Å². The first-order valence-electron chi connectivity index (χ1n) is 7.16. The van der Waals surface area contributed by atoms with Crippen molar-refractivity contribution < 1.29 is 9.90 Å². The molecule has 5 nitrogen and oxygen atoms in total. The van der Waals surface area contributed by atoms with Crippen LogP contribution in [0.3, 0.4) is 0 Å². The smallest absolute Gasteiger partial charge is 0.323 e. The van der Waals surface area contributed by atoms with Crippen molar-refractivity contribution in [3.8, 4) is 0 Å². The molecule has 0 radical (unpaired) electrons. The number of carboxylic acids is 1. The molecule has 110 valence electrons. The van der Waals surface area contributed by atoms with E-state index in [4.69, 9.17) is 0 Å². The summed E-state index contributed by atoms with van der Waals surface area (Å²) in [6, 6.07) is 4.02. The molecule has 1 saturated heterocycles. The standard InChI is InChI=1S/C15H23N3O2/c1-3-15(2,14(19)20)18-9-7-17(8-10-18)12-13-5-4-6-16-11-13/h4-6,11H,3,7-10,12H2,1-2H3,(H,19,20). The third-order valence-electron chi connectivity index (χ3n) is 4.35. The third kappa shape index (κ3) is 3.16. The maximum Gasteiger partial charge on any atom is 0.323 e. The number of hydrogen-bond acceptors (Lipinski definition) is 4. The van der Waals surface area contributed by atoms with Gasteiger partial charge in [-0.25, -0.2) is 0 Å². The SMILES string of the molecule is CCC(C)(C(=O)O)N1CCN(Cc2cccnc2)CC1. The Hall–Kier alpha value is -1.46. The normalized spacial score (nSPS) is 20.5. The molecule has 1 fully saturated rings. The van der Waals surface area contributed by atoms with Gasteiger partial charge < -0.3 is 5.11 Å². The van der Waals surface area contributed by atoms with Gasteiger partial charge in [-0.1, -0.05) is 13.0 Å². The fourth-order valence-electron chi connectivity index (χ4n) is 2.66. The highest BCUT2D eigenvalue weighted by atomic mass is 16.4. The number of aromatic nitrogens is 1. The van der Waals surface area contributed by atoms with Gasteiger partial charge in [-0.2, -0.15) is 0 Å². The first-order chi connectivity index (χ1) is 9.56. The van der Waals surface area contributed by atoms with Gasteiger partial charge in [-0.3, -0.25) is 19.6 Å². The van der Waals surface area contributed by atoms with Crippen LogP contribution in [-0.2, 0) is 11.3 Å². The van der Waals surface area contributed by atoms with Crippen LogP contribution in [0.5, 0.6) is 0 Å². The summed E-state index contributed by atoms with van der Waals surface area (Å²) in [4.78, 5) is 20.0. The Labute approximate surface area is 120 Å². The second-order valence-corrected chi connectivity index (χ2v) is 5.56. The van der Waals surface area contributed by atoms with E-state index in [0.29, 0.717) is 6.42 Å². The van der Waals surface area contributed by atoms with Crippen LogP contribution in [0, 0.1) is 0 Å². The quantitative estimate of drug-likeness (QED) is 0.883. The Balaban J connectivity index is 1.91. The van der Waals surface area contributed by atoms with Gasteiger partial charge in [0.2, 0.25) is 0 Å². The number of nitrogens with zero attached hydrogens (tertiary/aromatic N) is 3. The molecule has 0 saturated carbocycles. The van der Waals surface area contributed by atoms with Crippen molar-refractivity contribution in [2.24, 2.45) is 0 Å². The number of carbonyl (C=O) groups is 1. The lowest BCUT2D eigenvalue weighted by Crippen LogP contribution is -2.58. The van der Waals surface area contributed by atoms with Crippen molar-refractivity contribution >= 4 is 5.97 Å². The molecule has 0 amide bonds. The van der Waals surface area contributed by atoms with E-state index in [1.807, 2.05) is 26.1 Å². The topological polar surface area (TPSA) is 56.7 Å². The zero-order valence-electron chi connectivity index (χ0n) is 12.2. The minimum Gasteiger partial charge on any atom is -0.480 e. The average molecular weight is 277 g/mol. The molecule has 1 aromatic heterocycles. The molecule has 1 aromatic rings. The second-order valence-electron chi connectivity index (χ2n) is 5.56. The molecule has 0 aliphatic carbocycles. The highest BCUT2D eigenvalue weighted by molar-refractivity contribution is 5.78. The van der Waals surface area contributed by atoms with E-state index >= 15 is 0 Å². The van der Waals surface area contributed by atoms with Crippen molar-refractivity contribution in [3.05, 3.63) is 30.1 Å². The van der Waals surface area contributed by atoms with Gasteiger partial charge in [-0.15, -0.1) is 0 Å². The lowest BCUT2D eigenvalue weighted by atomic mass is 9.95. The monoisotopic (exact) mass is 277 g/mol. The van der Waals surface area contributed by atoms with Crippen molar-refractivity contribution in [1.82, 2.24) is 14.8 Å². The number of piperazine rings is 1. The molecule has 5 heteroatoms. The summed E-state index contributed by atoms with van der Waals surface area (Å²) in [5, 5.41) is 9.42. The van der Waals surface area contributed by atoms with Crippen LogP contribution in [0.2, 0.25) is 0 Å². The van der Waals surface area contributed by atoms with E-state index in [9.17, 15) is 9.90 Å².